The minimum absolute atomic E-state index is 0.611. The lowest BCUT2D eigenvalue weighted by atomic mass is 10.2. The van der Waals surface area contributed by atoms with Crippen LogP contribution in [0.15, 0.2) is 18.2 Å². The van der Waals surface area contributed by atoms with Crippen molar-refractivity contribution in [3.63, 3.8) is 0 Å². The summed E-state index contributed by atoms with van der Waals surface area (Å²) in [5.41, 5.74) is 1.04. The minimum atomic E-state index is 0.611. The predicted octanol–water partition coefficient (Wildman–Crippen LogP) is 3.48. The number of rotatable bonds is 4. The maximum Gasteiger partial charge on any atom is 0.0637 e. The van der Waals surface area contributed by atoms with Gasteiger partial charge in [0.1, 0.15) is 0 Å². The molecule has 1 aromatic rings. The Balaban J connectivity index is 2.61. The molecule has 1 N–H and O–H groups in total. The maximum atomic E-state index is 5.99. The molecule has 0 saturated heterocycles. The fourth-order valence-electron chi connectivity index (χ4n) is 0.975. The quantitative estimate of drug-likeness (QED) is 0.659. The number of hydrogen-bond donors (Lipinski definition) is 1. The SMILES string of the molecule is Clc1cccc(CNCCBr)c1Cl. The Labute approximate surface area is 96.6 Å². The molecule has 0 fully saturated rings. The Hall–Kier alpha value is 0.240. The summed E-state index contributed by atoms with van der Waals surface area (Å²) in [7, 11) is 0. The summed E-state index contributed by atoms with van der Waals surface area (Å²) in [6.45, 7) is 1.67. The first-order chi connectivity index (χ1) is 6.25. The molecular weight excluding hydrogens is 273 g/mol. The van der Waals surface area contributed by atoms with E-state index in [4.69, 9.17) is 23.2 Å². The zero-order valence-corrected chi connectivity index (χ0v) is 10.1. The van der Waals surface area contributed by atoms with Crippen LogP contribution in [0.1, 0.15) is 5.56 Å². The number of halogens is 3. The molecule has 0 aliphatic carbocycles. The van der Waals surface area contributed by atoms with E-state index in [0.29, 0.717) is 10.0 Å². The summed E-state index contributed by atoms with van der Waals surface area (Å²) in [6, 6.07) is 5.66. The van der Waals surface area contributed by atoms with Gasteiger partial charge in [-0.3, -0.25) is 0 Å². The normalized spacial score (nSPS) is 10.4. The van der Waals surface area contributed by atoms with Gasteiger partial charge in [0.2, 0.25) is 0 Å². The molecule has 0 bridgehead atoms. The van der Waals surface area contributed by atoms with Crippen LogP contribution in [-0.4, -0.2) is 11.9 Å². The highest BCUT2D eigenvalue weighted by Crippen LogP contribution is 2.25. The van der Waals surface area contributed by atoms with Crippen LogP contribution in [0, 0.1) is 0 Å². The van der Waals surface area contributed by atoms with Gasteiger partial charge in [0.25, 0.3) is 0 Å². The van der Waals surface area contributed by atoms with Gasteiger partial charge in [0.15, 0.2) is 0 Å². The van der Waals surface area contributed by atoms with E-state index in [9.17, 15) is 0 Å². The van der Waals surface area contributed by atoms with Crippen molar-refractivity contribution < 1.29 is 0 Å². The van der Waals surface area contributed by atoms with Gasteiger partial charge in [-0.25, -0.2) is 0 Å². The van der Waals surface area contributed by atoms with Gasteiger partial charge < -0.3 is 5.32 Å². The molecule has 1 rings (SSSR count). The monoisotopic (exact) mass is 281 g/mol. The van der Waals surface area contributed by atoms with Crippen molar-refractivity contribution in [1.82, 2.24) is 5.32 Å². The lowest BCUT2D eigenvalue weighted by Crippen LogP contribution is -2.15. The largest absolute Gasteiger partial charge is 0.312 e. The Morgan fingerprint density at radius 2 is 2.08 bits per heavy atom. The van der Waals surface area contributed by atoms with Crippen molar-refractivity contribution in [3.8, 4) is 0 Å². The highest BCUT2D eigenvalue weighted by Gasteiger charge is 2.02. The zero-order chi connectivity index (χ0) is 9.68. The van der Waals surface area contributed by atoms with E-state index in [1.807, 2.05) is 12.1 Å². The molecule has 0 aliphatic heterocycles. The molecule has 1 aromatic carbocycles. The fraction of sp³-hybridized carbons (Fsp3) is 0.333. The molecule has 0 unspecified atom stereocenters. The third kappa shape index (κ3) is 3.47. The van der Waals surface area contributed by atoms with Crippen molar-refractivity contribution in [2.24, 2.45) is 0 Å². The van der Waals surface area contributed by atoms with E-state index in [0.717, 1.165) is 24.0 Å². The molecular formula is C9H10BrCl2N. The number of alkyl halides is 1. The van der Waals surface area contributed by atoms with E-state index in [1.54, 1.807) is 6.07 Å². The Bertz CT molecular complexity index is 278. The van der Waals surface area contributed by atoms with Gasteiger partial charge in [0.05, 0.1) is 10.0 Å². The first-order valence-corrected chi connectivity index (χ1v) is 5.83. The second-order valence-corrected chi connectivity index (χ2v) is 4.16. The second-order valence-electron chi connectivity index (χ2n) is 2.58. The minimum Gasteiger partial charge on any atom is -0.312 e. The van der Waals surface area contributed by atoms with Crippen LogP contribution in [0.4, 0.5) is 0 Å². The highest BCUT2D eigenvalue weighted by molar-refractivity contribution is 9.09. The van der Waals surface area contributed by atoms with E-state index >= 15 is 0 Å². The molecule has 0 aromatic heterocycles. The standard InChI is InChI=1S/C9H10BrCl2N/c10-4-5-13-6-7-2-1-3-8(11)9(7)12/h1-3,13H,4-6H2. The maximum absolute atomic E-state index is 5.99. The van der Waals surface area contributed by atoms with E-state index in [1.165, 1.54) is 0 Å². The summed E-state index contributed by atoms with van der Waals surface area (Å²) in [5, 5.41) is 5.42. The third-order valence-electron chi connectivity index (χ3n) is 1.62. The molecule has 0 amide bonds. The van der Waals surface area contributed by atoms with Gasteiger partial charge in [-0.1, -0.05) is 51.3 Å². The average Bonchev–Trinajstić information content (AvgIpc) is 2.13. The highest BCUT2D eigenvalue weighted by atomic mass is 79.9. The first-order valence-electron chi connectivity index (χ1n) is 3.95. The van der Waals surface area contributed by atoms with E-state index in [2.05, 4.69) is 21.2 Å². The van der Waals surface area contributed by atoms with Crippen molar-refractivity contribution in [2.45, 2.75) is 6.54 Å². The van der Waals surface area contributed by atoms with Gasteiger partial charge in [0, 0.05) is 18.4 Å². The molecule has 0 saturated carbocycles. The van der Waals surface area contributed by atoms with Crippen molar-refractivity contribution in [3.05, 3.63) is 33.8 Å². The van der Waals surface area contributed by atoms with Crippen LogP contribution in [0.25, 0.3) is 0 Å². The Kier molecular flexibility index (Phi) is 5.10. The average molecular weight is 283 g/mol. The molecule has 0 atom stereocenters. The molecule has 0 spiro atoms. The van der Waals surface area contributed by atoms with Crippen LogP contribution in [-0.2, 0) is 6.54 Å². The summed E-state index contributed by atoms with van der Waals surface area (Å²) in [6.07, 6.45) is 0. The second kappa shape index (κ2) is 5.86. The van der Waals surface area contributed by atoms with Crippen molar-refractivity contribution >= 4 is 39.1 Å². The molecule has 0 heterocycles. The predicted molar refractivity (Wildman–Crippen MR) is 62.0 cm³/mol. The Morgan fingerprint density at radius 1 is 1.31 bits per heavy atom. The molecule has 72 valence electrons. The lowest BCUT2D eigenvalue weighted by molar-refractivity contribution is 0.734. The Morgan fingerprint density at radius 3 is 2.77 bits per heavy atom. The first kappa shape index (κ1) is 11.3. The van der Waals surface area contributed by atoms with E-state index in [-0.39, 0.29) is 0 Å². The number of hydrogen-bond acceptors (Lipinski definition) is 1. The molecule has 1 nitrogen and oxygen atoms in total. The van der Waals surface area contributed by atoms with Crippen LogP contribution < -0.4 is 5.32 Å². The molecule has 13 heavy (non-hydrogen) atoms. The van der Waals surface area contributed by atoms with Crippen LogP contribution in [0.5, 0.6) is 0 Å². The van der Waals surface area contributed by atoms with Gasteiger partial charge in [-0.15, -0.1) is 0 Å². The summed E-state index contributed by atoms with van der Waals surface area (Å²) in [5.74, 6) is 0. The van der Waals surface area contributed by atoms with Crippen molar-refractivity contribution in [2.75, 3.05) is 11.9 Å². The van der Waals surface area contributed by atoms with Gasteiger partial charge in [-0.2, -0.15) is 0 Å². The lowest BCUT2D eigenvalue weighted by Gasteiger charge is -2.05. The molecule has 4 heteroatoms. The van der Waals surface area contributed by atoms with Crippen LogP contribution in [0.2, 0.25) is 10.0 Å². The van der Waals surface area contributed by atoms with Gasteiger partial charge >= 0.3 is 0 Å². The van der Waals surface area contributed by atoms with Gasteiger partial charge in [-0.05, 0) is 11.6 Å². The van der Waals surface area contributed by atoms with Crippen LogP contribution >= 0.6 is 39.1 Å². The molecule has 0 aliphatic rings. The number of benzene rings is 1. The topological polar surface area (TPSA) is 12.0 Å². The summed E-state index contributed by atoms with van der Waals surface area (Å²) < 4.78 is 0. The fourth-order valence-corrected chi connectivity index (χ4v) is 1.64. The van der Waals surface area contributed by atoms with E-state index < -0.39 is 0 Å². The smallest absolute Gasteiger partial charge is 0.0637 e. The third-order valence-corrected chi connectivity index (χ3v) is 2.87. The summed E-state index contributed by atoms with van der Waals surface area (Å²) >= 11 is 15.2. The number of nitrogens with one attached hydrogen (secondary N) is 1. The van der Waals surface area contributed by atoms with Crippen molar-refractivity contribution in [1.29, 1.82) is 0 Å². The molecule has 0 radical (unpaired) electrons. The zero-order valence-electron chi connectivity index (χ0n) is 6.99. The van der Waals surface area contributed by atoms with Crippen LogP contribution in [0.3, 0.4) is 0 Å². The summed E-state index contributed by atoms with van der Waals surface area (Å²) in [4.78, 5) is 0.